The fourth-order valence-electron chi connectivity index (χ4n) is 1.86. The van der Waals surface area contributed by atoms with Crippen LogP contribution in [0.3, 0.4) is 0 Å². The predicted molar refractivity (Wildman–Crippen MR) is 90.4 cm³/mol. The Balaban J connectivity index is 2.28. The lowest BCUT2D eigenvalue weighted by Gasteiger charge is -2.11. The van der Waals surface area contributed by atoms with Crippen LogP contribution in [0.5, 0.6) is 0 Å². The molecule has 106 valence electrons. The van der Waals surface area contributed by atoms with E-state index in [0.29, 0.717) is 43.0 Å². The zero-order valence-electron chi connectivity index (χ0n) is 9.99. The highest BCUT2D eigenvalue weighted by atomic mass is 35.5. The standard InChI is InChI=1S/C14H8Cl6/c15-7-5-12(18)8(13(19)6-7)1-2-9-10(16)3-4-11(17)14(9)20/h3-6H,1-2H2. The first-order valence-corrected chi connectivity index (χ1v) is 7.92. The normalized spacial score (nSPS) is 10.9. The lowest BCUT2D eigenvalue weighted by molar-refractivity contribution is 0.961. The monoisotopic (exact) mass is 386 g/mol. The molecule has 0 amide bonds. The van der Waals surface area contributed by atoms with Gasteiger partial charge in [0.05, 0.1) is 10.0 Å². The maximum absolute atomic E-state index is 6.17. The van der Waals surface area contributed by atoms with Crippen LogP contribution in [0.1, 0.15) is 11.1 Å². The molecule has 0 heterocycles. The van der Waals surface area contributed by atoms with Gasteiger partial charge < -0.3 is 0 Å². The third kappa shape index (κ3) is 3.68. The van der Waals surface area contributed by atoms with Crippen molar-refractivity contribution in [1.29, 1.82) is 0 Å². The number of benzene rings is 2. The molecule has 0 fully saturated rings. The molecular formula is C14H8Cl6. The zero-order chi connectivity index (χ0) is 14.9. The molecule has 0 spiro atoms. The minimum Gasteiger partial charge on any atom is -0.0842 e. The molecule has 0 atom stereocenters. The Hall–Kier alpha value is 0.180. The molecule has 0 radical (unpaired) electrons. The van der Waals surface area contributed by atoms with Crippen LogP contribution in [0.2, 0.25) is 30.1 Å². The molecule has 0 aliphatic rings. The van der Waals surface area contributed by atoms with Crippen LogP contribution in [0, 0.1) is 0 Å². The largest absolute Gasteiger partial charge is 0.0842 e. The summed E-state index contributed by atoms with van der Waals surface area (Å²) in [5.41, 5.74) is 1.59. The van der Waals surface area contributed by atoms with Gasteiger partial charge in [-0.1, -0.05) is 69.6 Å². The van der Waals surface area contributed by atoms with E-state index in [-0.39, 0.29) is 0 Å². The summed E-state index contributed by atoms with van der Waals surface area (Å²) < 4.78 is 0. The van der Waals surface area contributed by atoms with Gasteiger partial charge in [0.1, 0.15) is 0 Å². The van der Waals surface area contributed by atoms with Crippen molar-refractivity contribution in [2.75, 3.05) is 0 Å². The van der Waals surface area contributed by atoms with E-state index in [2.05, 4.69) is 0 Å². The number of hydrogen-bond donors (Lipinski definition) is 0. The van der Waals surface area contributed by atoms with E-state index in [1.165, 1.54) is 0 Å². The Bertz CT molecular complexity index is 627. The first kappa shape index (κ1) is 16.5. The highest BCUT2D eigenvalue weighted by Gasteiger charge is 2.13. The second-order valence-electron chi connectivity index (χ2n) is 4.17. The molecule has 2 rings (SSSR count). The van der Waals surface area contributed by atoms with Crippen molar-refractivity contribution in [1.82, 2.24) is 0 Å². The Kier molecular flexibility index (Phi) is 5.76. The fraction of sp³-hybridized carbons (Fsp3) is 0.143. The van der Waals surface area contributed by atoms with Crippen molar-refractivity contribution in [3.8, 4) is 0 Å². The fourth-order valence-corrected chi connectivity index (χ4v) is 3.60. The first-order chi connectivity index (χ1) is 9.40. The summed E-state index contributed by atoms with van der Waals surface area (Å²) in [5, 5.41) is 3.05. The van der Waals surface area contributed by atoms with Gasteiger partial charge in [0, 0.05) is 20.1 Å². The van der Waals surface area contributed by atoms with E-state index in [0.717, 1.165) is 11.1 Å². The molecule has 0 N–H and O–H groups in total. The van der Waals surface area contributed by atoms with Crippen molar-refractivity contribution in [3.63, 3.8) is 0 Å². The molecule has 20 heavy (non-hydrogen) atoms. The van der Waals surface area contributed by atoms with Gasteiger partial charge in [0.2, 0.25) is 0 Å². The third-order valence-electron chi connectivity index (χ3n) is 2.87. The minimum absolute atomic E-state index is 0.459. The Morgan fingerprint density at radius 3 is 1.70 bits per heavy atom. The SMILES string of the molecule is Clc1cc(Cl)c(CCc2c(Cl)ccc(Cl)c2Cl)c(Cl)c1. The Morgan fingerprint density at radius 2 is 1.10 bits per heavy atom. The number of hydrogen-bond acceptors (Lipinski definition) is 0. The van der Waals surface area contributed by atoms with Gasteiger partial charge in [-0.15, -0.1) is 0 Å². The molecule has 0 saturated heterocycles. The van der Waals surface area contributed by atoms with Gasteiger partial charge in [-0.25, -0.2) is 0 Å². The summed E-state index contributed by atoms with van der Waals surface area (Å²) in [6, 6.07) is 6.70. The summed E-state index contributed by atoms with van der Waals surface area (Å²) in [6.45, 7) is 0. The summed E-state index contributed by atoms with van der Waals surface area (Å²) in [7, 11) is 0. The maximum atomic E-state index is 6.17. The van der Waals surface area contributed by atoms with Gasteiger partial charge >= 0.3 is 0 Å². The highest BCUT2D eigenvalue weighted by Crippen LogP contribution is 2.34. The van der Waals surface area contributed by atoms with Crippen LogP contribution in [0.4, 0.5) is 0 Å². The van der Waals surface area contributed by atoms with Crippen molar-refractivity contribution in [3.05, 3.63) is 65.5 Å². The molecule has 0 aliphatic heterocycles. The van der Waals surface area contributed by atoms with Gasteiger partial charge in [-0.3, -0.25) is 0 Å². The molecule has 2 aromatic rings. The molecule has 0 saturated carbocycles. The highest BCUT2D eigenvalue weighted by molar-refractivity contribution is 6.44. The van der Waals surface area contributed by atoms with Crippen molar-refractivity contribution in [2.24, 2.45) is 0 Å². The molecule has 0 bridgehead atoms. The quantitative estimate of drug-likeness (QED) is 0.480. The van der Waals surface area contributed by atoms with E-state index in [4.69, 9.17) is 69.6 Å². The Morgan fingerprint density at radius 1 is 0.600 bits per heavy atom. The van der Waals surface area contributed by atoms with E-state index in [1.54, 1.807) is 24.3 Å². The summed E-state index contributed by atoms with van der Waals surface area (Å²) in [4.78, 5) is 0. The average molecular weight is 389 g/mol. The Labute approximate surface area is 147 Å². The van der Waals surface area contributed by atoms with Crippen LogP contribution in [0.25, 0.3) is 0 Å². The second kappa shape index (κ2) is 6.96. The lowest BCUT2D eigenvalue weighted by atomic mass is 10.0. The van der Waals surface area contributed by atoms with Gasteiger partial charge in [-0.2, -0.15) is 0 Å². The molecule has 6 heteroatoms. The van der Waals surface area contributed by atoms with Crippen LogP contribution >= 0.6 is 69.6 Å². The molecule has 0 nitrogen and oxygen atoms in total. The smallest absolute Gasteiger partial charge is 0.0639 e. The predicted octanol–water partition coefficient (Wildman–Crippen LogP) is 7.39. The first-order valence-electron chi connectivity index (χ1n) is 5.66. The summed E-state index contributed by atoms with van der Waals surface area (Å²) >= 11 is 36.5. The van der Waals surface area contributed by atoms with Crippen LogP contribution in [0.15, 0.2) is 24.3 Å². The van der Waals surface area contributed by atoms with E-state index in [1.807, 2.05) is 0 Å². The average Bonchev–Trinajstić information content (AvgIpc) is 2.36. The van der Waals surface area contributed by atoms with E-state index >= 15 is 0 Å². The van der Waals surface area contributed by atoms with Crippen molar-refractivity contribution in [2.45, 2.75) is 12.8 Å². The lowest BCUT2D eigenvalue weighted by Crippen LogP contribution is -1.96. The minimum atomic E-state index is 0.459. The number of rotatable bonds is 3. The van der Waals surface area contributed by atoms with E-state index < -0.39 is 0 Å². The molecular weight excluding hydrogens is 381 g/mol. The zero-order valence-corrected chi connectivity index (χ0v) is 14.5. The molecule has 0 aliphatic carbocycles. The summed E-state index contributed by atoms with van der Waals surface area (Å²) in [5.74, 6) is 0. The second-order valence-corrected chi connectivity index (χ2v) is 6.61. The summed E-state index contributed by atoms with van der Waals surface area (Å²) in [6.07, 6.45) is 1.17. The molecule has 0 aromatic heterocycles. The van der Waals surface area contributed by atoms with Crippen LogP contribution in [-0.4, -0.2) is 0 Å². The van der Waals surface area contributed by atoms with Crippen molar-refractivity contribution >= 4 is 69.6 Å². The number of halogens is 6. The van der Waals surface area contributed by atoms with Gasteiger partial charge in [0.25, 0.3) is 0 Å². The van der Waals surface area contributed by atoms with Gasteiger partial charge in [0.15, 0.2) is 0 Å². The van der Waals surface area contributed by atoms with Crippen LogP contribution < -0.4 is 0 Å². The van der Waals surface area contributed by atoms with E-state index in [9.17, 15) is 0 Å². The topological polar surface area (TPSA) is 0 Å². The maximum Gasteiger partial charge on any atom is 0.0639 e. The molecule has 2 aromatic carbocycles. The van der Waals surface area contributed by atoms with Crippen LogP contribution in [-0.2, 0) is 12.8 Å². The third-order valence-corrected chi connectivity index (χ3v) is 4.96. The van der Waals surface area contributed by atoms with Gasteiger partial charge in [-0.05, 0) is 48.2 Å². The molecule has 0 unspecified atom stereocenters. The van der Waals surface area contributed by atoms with Crippen molar-refractivity contribution < 1.29 is 0 Å².